The Morgan fingerprint density at radius 3 is 2.55 bits per heavy atom. The summed E-state index contributed by atoms with van der Waals surface area (Å²) in [6.45, 7) is 6.44. The largest absolute Gasteiger partial charge is 0.504 e. The van der Waals surface area contributed by atoms with Gasteiger partial charge < -0.3 is 10.2 Å². The van der Waals surface area contributed by atoms with E-state index < -0.39 is 0 Å². The molecule has 0 saturated carbocycles. The van der Waals surface area contributed by atoms with Crippen molar-refractivity contribution in [2.45, 2.75) is 45.4 Å². The summed E-state index contributed by atoms with van der Waals surface area (Å²) in [5.74, 6) is -0.0761. The number of benzene rings is 1. The number of ketones is 1. The van der Waals surface area contributed by atoms with Crippen LogP contribution in [0.15, 0.2) is 23.3 Å². The number of hydrogen-bond acceptors (Lipinski definition) is 3. The van der Waals surface area contributed by atoms with Gasteiger partial charge >= 0.3 is 0 Å². The highest BCUT2D eigenvalue weighted by atomic mass is 16.3. The van der Waals surface area contributed by atoms with Crippen LogP contribution in [0.5, 0.6) is 11.5 Å². The van der Waals surface area contributed by atoms with Crippen molar-refractivity contribution in [1.82, 2.24) is 0 Å². The van der Waals surface area contributed by atoms with Crippen molar-refractivity contribution in [2.75, 3.05) is 0 Å². The zero-order valence-corrected chi connectivity index (χ0v) is 12.2. The van der Waals surface area contributed by atoms with Crippen molar-refractivity contribution in [3.8, 4) is 11.5 Å². The van der Waals surface area contributed by atoms with Crippen LogP contribution in [0.2, 0.25) is 0 Å². The maximum Gasteiger partial charge on any atom is 0.163 e. The topological polar surface area (TPSA) is 57.5 Å². The second kappa shape index (κ2) is 4.11. The fourth-order valence-corrected chi connectivity index (χ4v) is 3.87. The molecule has 0 radical (unpaired) electrons. The van der Waals surface area contributed by atoms with Crippen LogP contribution in [0.1, 0.15) is 56.0 Å². The van der Waals surface area contributed by atoms with E-state index in [4.69, 9.17) is 0 Å². The van der Waals surface area contributed by atoms with Crippen molar-refractivity contribution in [1.29, 1.82) is 0 Å². The van der Waals surface area contributed by atoms with Crippen LogP contribution in [0.25, 0.3) is 0 Å². The number of phenols is 2. The standard InChI is InChI=1S/C17H20O3/c1-9-4-5-17(3)12(10(9)2)7-14(18)11-6-15(19)16(20)8-13(11)17/h6,8,12,19-20H,4-5,7H2,1-3H3/t12-,17-/m1/s1. The molecule has 0 aliphatic heterocycles. The molecule has 1 aromatic rings. The van der Waals surface area contributed by atoms with Crippen LogP contribution in [-0.2, 0) is 5.41 Å². The van der Waals surface area contributed by atoms with E-state index in [9.17, 15) is 15.0 Å². The van der Waals surface area contributed by atoms with Crippen LogP contribution in [-0.4, -0.2) is 16.0 Å². The van der Waals surface area contributed by atoms with E-state index in [1.165, 1.54) is 17.2 Å². The minimum absolute atomic E-state index is 0.0619. The Balaban J connectivity index is 2.24. The molecule has 3 heteroatoms. The molecular formula is C17H20O3. The number of rotatable bonds is 0. The molecule has 0 fully saturated rings. The average Bonchev–Trinajstić information content (AvgIpc) is 2.40. The monoisotopic (exact) mass is 272 g/mol. The van der Waals surface area contributed by atoms with Gasteiger partial charge in [0.25, 0.3) is 0 Å². The van der Waals surface area contributed by atoms with E-state index >= 15 is 0 Å². The highest BCUT2D eigenvalue weighted by Gasteiger charge is 2.46. The molecular weight excluding hydrogens is 252 g/mol. The van der Waals surface area contributed by atoms with Crippen molar-refractivity contribution in [3.05, 3.63) is 34.4 Å². The lowest BCUT2D eigenvalue weighted by Crippen LogP contribution is -2.42. The van der Waals surface area contributed by atoms with Crippen molar-refractivity contribution < 1.29 is 15.0 Å². The fourth-order valence-electron chi connectivity index (χ4n) is 3.87. The molecule has 1 aromatic carbocycles. The van der Waals surface area contributed by atoms with E-state index in [-0.39, 0.29) is 28.6 Å². The van der Waals surface area contributed by atoms with Gasteiger partial charge in [0, 0.05) is 17.4 Å². The number of Topliss-reactive ketones (excluding diaryl/α,β-unsaturated/α-hetero) is 1. The molecule has 3 rings (SSSR count). The van der Waals surface area contributed by atoms with Gasteiger partial charge in [0.05, 0.1) is 0 Å². The molecule has 2 atom stereocenters. The average molecular weight is 272 g/mol. The Morgan fingerprint density at radius 1 is 1.20 bits per heavy atom. The van der Waals surface area contributed by atoms with Crippen molar-refractivity contribution in [2.24, 2.45) is 5.92 Å². The first kappa shape index (κ1) is 13.2. The van der Waals surface area contributed by atoms with Gasteiger partial charge in [-0.05, 0) is 50.3 Å². The van der Waals surface area contributed by atoms with Crippen LogP contribution in [0, 0.1) is 5.92 Å². The summed E-state index contributed by atoms with van der Waals surface area (Å²) in [5, 5.41) is 19.5. The van der Waals surface area contributed by atoms with Crippen molar-refractivity contribution in [3.63, 3.8) is 0 Å². The lowest BCUT2D eigenvalue weighted by molar-refractivity contribution is 0.0911. The quantitative estimate of drug-likeness (QED) is 0.559. The van der Waals surface area contributed by atoms with Gasteiger partial charge in [0.1, 0.15) is 0 Å². The number of fused-ring (bicyclic) bond motifs is 3. The lowest BCUT2D eigenvalue weighted by atomic mass is 9.56. The molecule has 2 N–H and O–H groups in total. The SMILES string of the molecule is CC1=C(C)[C@H]2CC(=O)c3cc(O)c(O)cc3[C@]2(C)CC1. The Kier molecular flexibility index (Phi) is 2.72. The smallest absolute Gasteiger partial charge is 0.163 e. The Morgan fingerprint density at radius 2 is 1.85 bits per heavy atom. The molecule has 20 heavy (non-hydrogen) atoms. The zero-order chi connectivity index (χ0) is 14.7. The lowest BCUT2D eigenvalue weighted by Gasteiger charge is -2.46. The first-order chi connectivity index (χ1) is 9.34. The predicted octanol–water partition coefficient (Wildman–Crippen LogP) is 3.69. The maximum absolute atomic E-state index is 12.4. The number of phenolic OH excluding ortho intramolecular Hbond substituents is 2. The van der Waals surface area contributed by atoms with Gasteiger partial charge in [0.15, 0.2) is 17.3 Å². The van der Waals surface area contributed by atoms with Crippen LogP contribution < -0.4 is 0 Å². The second-order valence-corrected chi connectivity index (χ2v) is 6.45. The summed E-state index contributed by atoms with van der Waals surface area (Å²) in [7, 11) is 0. The summed E-state index contributed by atoms with van der Waals surface area (Å²) < 4.78 is 0. The number of aromatic hydroxyl groups is 2. The minimum atomic E-state index is -0.210. The molecule has 2 aliphatic carbocycles. The molecule has 0 bridgehead atoms. The van der Waals surface area contributed by atoms with Gasteiger partial charge in [-0.15, -0.1) is 0 Å². The molecule has 0 amide bonds. The molecule has 0 aromatic heterocycles. The highest BCUT2D eigenvalue weighted by Crippen LogP contribution is 2.53. The Bertz CT molecular complexity index is 642. The summed E-state index contributed by atoms with van der Waals surface area (Å²) in [6.07, 6.45) is 2.50. The summed E-state index contributed by atoms with van der Waals surface area (Å²) in [6, 6.07) is 3.01. The summed E-state index contributed by atoms with van der Waals surface area (Å²) in [4.78, 5) is 12.4. The third kappa shape index (κ3) is 1.62. The molecule has 3 nitrogen and oxygen atoms in total. The van der Waals surface area contributed by atoms with E-state index in [2.05, 4.69) is 20.8 Å². The first-order valence-corrected chi connectivity index (χ1v) is 7.10. The maximum atomic E-state index is 12.4. The number of hydrogen-bond donors (Lipinski definition) is 2. The minimum Gasteiger partial charge on any atom is -0.504 e. The number of carbonyl (C=O) groups is 1. The molecule has 0 saturated heterocycles. The second-order valence-electron chi connectivity index (χ2n) is 6.45. The third-order valence-electron chi connectivity index (χ3n) is 5.40. The van der Waals surface area contributed by atoms with Crippen molar-refractivity contribution >= 4 is 5.78 Å². The zero-order valence-electron chi connectivity index (χ0n) is 12.2. The molecule has 0 spiro atoms. The van der Waals surface area contributed by atoms with E-state index in [1.54, 1.807) is 6.07 Å². The van der Waals surface area contributed by atoms with Crippen LogP contribution in [0.4, 0.5) is 0 Å². The fraction of sp³-hybridized carbons (Fsp3) is 0.471. The molecule has 106 valence electrons. The molecule has 0 heterocycles. The normalized spacial score (nSPS) is 29.1. The number of allylic oxidation sites excluding steroid dienone is 2. The Labute approximate surface area is 118 Å². The van der Waals surface area contributed by atoms with Crippen LogP contribution >= 0.6 is 0 Å². The van der Waals surface area contributed by atoms with E-state index in [0.717, 1.165) is 18.4 Å². The summed E-state index contributed by atoms with van der Waals surface area (Å²) >= 11 is 0. The first-order valence-electron chi connectivity index (χ1n) is 7.10. The Hall–Kier alpha value is -1.77. The van der Waals surface area contributed by atoms with Gasteiger partial charge in [-0.1, -0.05) is 18.1 Å². The van der Waals surface area contributed by atoms with Gasteiger partial charge in [-0.25, -0.2) is 0 Å². The van der Waals surface area contributed by atoms with Gasteiger partial charge in [-0.2, -0.15) is 0 Å². The predicted molar refractivity (Wildman–Crippen MR) is 77.2 cm³/mol. The van der Waals surface area contributed by atoms with Gasteiger partial charge in [-0.3, -0.25) is 4.79 Å². The summed E-state index contributed by atoms with van der Waals surface area (Å²) in [5.41, 5.74) is 4.03. The molecule has 2 aliphatic rings. The molecule has 0 unspecified atom stereocenters. The van der Waals surface area contributed by atoms with Gasteiger partial charge in [0.2, 0.25) is 0 Å². The van der Waals surface area contributed by atoms with E-state index in [1.807, 2.05) is 0 Å². The highest BCUT2D eigenvalue weighted by molar-refractivity contribution is 6.00. The number of carbonyl (C=O) groups excluding carboxylic acids is 1. The third-order valence-corrected chi connectivity index (χ3v) is 5.40. The van der Waals surface area contributed by atoms with Crippen LogP contribution in [0.3, 0.4) is 0 Å². The van der Waals surface area contributed by atoms with E-state index in [0.29, 0.717) is 12.0 Å².